The molecule has 23 heteroatoms. The third kappa shape index (κ3) is 32.5. The standard InChI is InChI=1S/C20H19FN2O4S.C18H16BrFN2O4S.4C18H15P.3C4H9.C2H3.Pd.Sn/c1-5-12-10-15-17(11-16(12)23(3)28(4,25)26)27-19(18(15)20(24)22-2)13-6-8-14(21)9-7-13;1-21-18(23)16-12-8-13(19)14(22(2)27(3,24)25)9-15(12)26-17(16)10-4-6-11(20)7-5-10;4*1-4-10-16(11-5-1)19(17-12-6-2-7-13-17)18-14-8-3-9-15-18;3*1-3-4-2;1-2;;/h5-11H,1H2,2-4H3,(H,22,24);4-9H,1-3H3,(H,21,23);4*1-15H;3*1,3-4H2,2H3;1H,2H2;;. The van der Waals surface area contributed by atoms with Crippen LogP contribution in [-0.2, 0) is 40.5 Å². The van der Waals surface area contributed by atoms with Gasteiger partial charge in [-0.1, -0.05) is 377 Å². The molecule has 18 rings (SSSR count). The van der Waals surface area contributed by atoms with Gasteiger partial charge in [-0.3, -0.25) is 18.2 Å². The van der Waals surface area contributed by atoms with Crippen molar-refractivity contribution in [3.05, 3.63) is 487 Å². The average Bonchev–Trinajstić information content (AvgIpc) is 1.61. The molecule has 0 aliphatic carbocycles. The number of benzene rings is 16. The van der Waals surface area contributed by atoms with Crippen LogP contribution in [-0.4, -0.2) is 87.7 Å². The second kappa shape index (κ2) is 58.7. The normalized spacial score (nSPS) is 11.0. The Morgan fingerprint density at radius 2 is 0.558 bits per heavy atom. The van der Waals surface area contributed by atoms with E-state index in [1.807, 2.05) is 0 Å². The number of unbranched alkanes of at least 4 members (excludes halogenated alkanes) is 3. The summed E-state index contributed by atoms with van der Waals surface area (Å²) in [7, 11) is -2.95. The van der Waals surface area contributed by atoms with Crippen molar-refractivity contribution in [1.82, 2.24) is 10.6 Å². The van der Waals surface area contributed by atoms with E-state index in [9.17, 15) is 35.2 Å². The monoisotopic (exact) mass is 2330 g/mol. The number of amides is 2. The van der Waals surface area contributed by atoms with Gasteiger partial charge in [0.25, 0.3) is 11.8 Å². The molecule has 0 radical (unpaired) electrons. The number of rotatable bonds is 31. The van der Waals surface area contributed by atoms with Crippen LogP contribution < -0.4 is 82.9 Å². The first-order valence-electron chi connectivity index (χ1n) is 48.6. The summed E-state index contributed by atoms with van der Waals surface area (Å²) in [5, 5.41) is 22.9. The SMILES string of the molecule is C=Cc1cc2c(C(=O)NC)c(-c3ccc(F)cc3)oc2cc1N(C)S(C)(=O)=O.C=[CH][Sn]([CH2]CCC)([CH2]CCC)[CH2]CCC.CNC(=O)c1c(-c2ccc(F)cc2)oc2cc(N(C)S(C)(=O)=O)c(Br)cc12.[Pd].c1ccc(P(c2ccccc2)c2ccccc2)cc1.c1ccc(P(c2ccccc2)c2ccccc2)cc1.c1ccc(P(c2ccccc2)c2ccccc2)cc1.c1ccc(P(c2ccccc2)c2ccccc2)cc1. The zero-order valence-corrected chi connectivity index (χ0v) is 95.4. The summed E-state index contributed by atoms with van der Waals surface area (Å²) in [5.74, 6) is -1.02. The van der Waals surface area contributed by atoms with Crippen LogP contribution >= 0.6 is 47.6 Å². The first kappa shape index (κ1) is 115. The van der Waals surface area contributed by atoms with Crippen LogP contribution in [0.5, 0.6) is 0 Å². The van der Waals surface area contributed by atoms with Crippen LogP contribution in [0.2, 0.25) is 13.3 Å². The molecule has 0 fully saturated rings. The Bertz CT molecular complexity index is 6490. The number of anilines is 2. The van der Waals surface area contributed by atoms with Crippen molar-refractivity contribution in [3.8, 4) is 22.6 Å². The van der Waals surface area contributed by atoms with E-state index in [4.69, 9.17) is 8.83 Å². The summed E-state index contributed by atoms with van der Waals surface area (Å²) in [4.78, 5) is 25.0. The van der Waals surface area contributed by atoms with Crippen molar-refractivity contribution < 1.29 is 64.5 Å². The predicted octanol–water partition coefficient (Wildman–Crippen LogP) is 26.7. The molecular formula is C124H125BrF2N4O8P4PdS2Sn. The van der Waals surface area contributed by atoms with Gasteiger partial charge in [-0.25, -0.2) is 25.6 Å². The summed E-state index contributed by atoms with van der Waals surface area (Å²) in [6, 6.07) is 147. The van der Waals surface area contributed by atoms with Gasteiger partial charge < -0.3 is 19.5 Å². The molecule has 2 amide bonds. The van der Waals surface area contributed by atoms with Gasteiger partial charge >= 0.3 is 102 Å². The number of sulfonamides is 2. The molecule has 12 nitrogen and oxygen atoms in total. The molecule has 0 atom stereocenters. The molecule has 2 aromatic heterocycles. The Morgan fingerprint density at radius 1 is 0.347 bits per heavy atom. The second-order valence-electron chi connectivity index (χ2n) is 34.4. The molecule has 0 spiro atoms. The van der Waals surface area contributed by atoms with Crippen molar-refractivity contribution in [3.63, 3.8) is 0 Å². The topological polar surface area (TPSA) is 159 Å². The van der Waals surface area contributed by atoms with Crippen LogP contribution in [0.25, 0.3) is 50.7 Å². The Morgan fingerprint density at radius 3 is 0.755 bits per heavy atom. The van der Waals surface area contributed by atoms with Gasteiger partial charge in [0.2, 0.25) is 20.0 Å². The van der Waals surface area contributed by atoms with E-state index >= 15 is 0 Å². The van der Waals surface area contributed by atoms with E-state index in [0.29, 0.717) is 54.5 Å². The molecule has 2 N–H and O–H groups in total. The van der Waals surface area contributed by atoms with Crippen LogP contribution in [0.1, 0.15) is 85.6 Å². The number of nitrogens with one attached hydrogen (secondary N) is 2. The van der Waals surface area contributed by atoms with E-state index in [2.05, 4.69) is 429 Å². The molecule has 147 heavy (non-hydrogen) atoms. The molecule has 0 bridgehead atoms. The van der Waals surface area contributed by atoms with Crippen LogP contribution in [0.4, 0.5) is 20.2 Å². The first-order valence-corrected chi connectivity index (χ1v) is 66.2. The van der Waals surface area contributed by atoms with Crippen LogP contribution in [0.3, 0.4) is 0 Å². The number of carbonyl (C=O) groups is 2. The average molecular weight is 2330 g/mol. The number of halogens is 3. The third-order valence-electron chi connectivity index (χ3n) is 24.3. The number of nitrogens with zero attached hydrogens (tertiary/aromatic N) is 2. The van der Waals surface area contributed by atoms with E-state index in [1.165, 1.54) is 185 Å². The van der Waals surface area contributed by atoms with Crippen molar-refractivity contribution in [2.75, 3.05) is 49.3 Å². The van der Waals surface area contributed by atoms with E-state index < -0.39 is 81.7 Å². The van der Waals surface area contributed by atoms with Gasteiger partial charge in [-0.2, -0.15) is 0 Å². The quantitative estimate of drug-likeness (QED) is 0.0321. The first-order chi connectivity index (χ1) is 70.8. The van der Waals surface area contributed by atoms with Gasteiger partial charge in [0.1, 0.15) is 34.3 Å². The number of furan rings is 2. The van der Waals surface area contributed by atoms with Gasteiger partial charge in [0.05, 0.1) is 35.0 Å². The van der Waals surface area contributed by atoms with Crippen molar-refractivity contribution in [2.45, 2.75) is 72.6 Å². The third-order valence-corrected chi connectivity index (χ3v) is 51.1. The zero-order chi connectivity index (χ0) is 104. The molecule has 0 unspecified atom stereocenters. The molecule has 756 valence electrons. The predicted molar refractivity (Wildman–Crippen MR) is 630 cm³/mol. The van der Waals surface area contributed by atoms with Gasteiger partial charge in [0, 0.05) is 87.1 Å². The number of fused-ring (bicyclic) bond motifs is 2. The maximum atomic E-state index is 13.3. The largest absolute Gasteiger partial charge is 0.455 e. The molecule has 0 aliphatic rings. The van der Waals surface area contributed by atoms with E-state index in [0.717, 1.165) is 21.1 Å². The molecule has 16 aromatic carbocycles. The van der Waals surface area contributed by atoms with Crippen molar-refractivity contribution in [1.29, 1.82) is 0 Å². The van der Waals surface area contributed by atoms with E-state index in [-0.39, 0.29) is 54.9 Å². The van der Waals surface area contributed by atoms with Gasteiger partial charge in [0.15, 0.2) is 0 Å². The number of hydrogen-bond donors (Lipinski definition) is 2. The molecular weight excluding hydrogens is 2200 g/mol. The molecule has 0 saturated carbocycles. The Hall–Kier alpha value is -12.0. The number of carbonyl (C=O) groups excluding carboxylic acids is 2. The Labute approximate surface area is 899 Å². The van der Waals surface area contributed by atoms with Crippen LogP contribution in [0, 0.1) is 11.6 Å². The van der Waals surface area contributed by atoms with Crippen LogP contribution in [0.15, 0.2) is 467 Å². The maximum absolute atomic E-state index is 13.3. The van der Waals surface area contributed by atoms with E-state index in [1.54, 1.807) is 37.6 Å². The fraction of sp³-hybridized carbons (Fsp3) is 0.145. The molecule has 18 aromatic rings. The maximum Gasteiger partial charge on any atom is 0.255 e. The summed E-state index contributed by atoms with van der Waals surface area (Å²) < 4.78 is 95.9. The summed E-state index contributed by atoms with van der Waals surface area (Å²) >= 11 is 1.51. The zero-order valence-electron chi connectivity index (χ0n) is 84.2. The minimum atomic E-state index is -3.52. The Balaban J connectivity index is 0.000000164. The summed E-state index contributed by atoms with van der Waals surface area (Å²) in [6.45, 7) is 14.9. The fourth-order valence-corrected chi connectivity index (χ4v) is 40.5. The van der Waals surface area contributed by atoms with Crippen molar-refractivity contribution >= 4 is 201 Å². The Kier molecular flexibility index (Phi) is 46.1. The molecule has 2 heterocycles. The van der Waals surface area contributed by atoms with Gasteiger partial charge in [-0.05, 0) is 177 Å². The van der Waals surface area contributed by atoms with Gasteiger partial charge in [-0.15, -0.1) is 0 Å². The second-order valence-corrected chi connectivity index (χ2v) is 61.4. The fourth-order valence-electron chi connectivity index (χ4n) is 16.6. The summed E-state index contributed by atoms with van der Waals surface area (Å²) in [5.41, 5.74) is 3.54. The minimum Gasteiger partial charge on any atom is -0.455 e. The summed E-state index contributed by atoms with van der Waals surface area (Å²) in [6.07, 6.45) is 12.1. The van der Waals surface area contributed by atoms with Crippen molar-refractivity contribution in [2.24, 2.45) is 0 Å². The minimum absolute atomic E-state index is 0. The number of hydrogen-bond acceptors (Lipinski definition) is 8. The molecule has 0 saturated heterocycles. The molecule has 0 aliphatic heterocycles. The smallest absolute Gasteiger partial charge is 0.255 e.